The molecule has 0 aliphatic carbocycles. The van der Waals surface area contributed by atoms with Gasteiger partial charge in [-0.15, -0.1) is 0 Å². The molecule has 0 bridgehead atoms. The largest absolute Gasteiger partial charge is 0.496 e. The molecule has 0 unspecified atom stereocenters. The summed E-state index contributed by atoms with van der Waals surface area (Å²) in [7, 11) is 2.82. The first-order valence-electron chi connectivity index (χ1n) is 5.72. The van der Waals surface area contributed by atoms with E-state index >= 15 is 0 Å². The number of methoxy groups -OCH3 is 2. The van der Waals surface area contributed by atoms with E-state index in [1.807, 2.05) is 0 Å². The van der Waals surface area contributed by atoms with Gasteiger partial charge in [0.25, 0.3) is 0 Å². The number of hydrogen-bond donors (Lipinski definition) is 1. The van der Waals surface area contributed by atoms with Crippen molar-refractivity contribution in [1.82, 2.24) is 9.97 Å². The monoisotopic (exact) mass is 292 g/mol. The van der Waals surface area contributed by atoms with Crippen LogP contribution in [0.15, 0.2) is 24.3 Å². The van der Waals surface area contributed by atoms with Crippen molar-refractivity contribution in [3.63, 3.8) is 0 Å². The Labute approximate surface area is 119 Å². The van der Waals surface area contributed by atoms with Gasteiger partial charge in [0, 0.05) is 0 Å². The molecule has 1 heterocycles. The van der Waals surface area contributed by atoms with E-state index in [4.69, 9.17) is 19.9 Å². The fourth-order valence-electron chi connectivity index (χ4n) is 1.54. The molecule has 2 rings (SSSR count). The van der Waals surface area contributed by atoms with E-state index in [-0.39, 0.29) is 29.1 Å². The van der Waals surface area contributed by atoms with Gasteiger partial charge in [-0.1, -0.05) is 0 Å². The maximum atomic E-state index is 11.1. The Morgan fingerprint density at radius 3 is 2.48 bits per heavy atom. The van der Waals surface area contributed by atoms with Crippen LogP contribution in [0.25, 0.3) is 0 Å². The van der Waals surface area contributed by atoms with E-state index in [1.165, 1.54) is 38.5 Å². The van der Waals surface area contributed by atoms with Crippen LogP contribution in [0.1, 0.15) is 0 Å². The van der Waals surface area contributed by atoms with Gasteiger partial charge in [0.15, 0.2) is 0 Å². The van der Waals surface area contributed by atoms with Crippen molar-refractivity contribution < 1.29 is 19.1 Å². The number of nitro benzene ring substituents is 1. The van der Waals surface area contributed by atoms with Crippen LogP contribution in [0.4, 0.5) is 11.6 Å². The fourth-order valence-corrected chi connectivity index (χ4v) is 1.54. The normalized spacial score (nSPS) is 10.0. The van der Waals surface area contributed by atoms with Crippen LogP contribution in [0.3, 0.4) is 0 Å². The Bertz CT molecular complexity index is 677. The molecule has 0 aliphatic heterocycles. The minimum absolute atomic E-state index is 0.000882. The Hall–Kier alpha value is -3.10. The smallest absolute Gasteiger partial charge is 0.315 e. The fraction of sp³-hybridized carbons (Fsp3) is 0.167. The van der Waals surface area contributed by atoms with Crippen LogP contribution in [0.2, 0.25) is 0 Å². The lowest BCUT2D eigenvalue weighted by Gasteiger charge is -2.08. The number of rotatable bonds is 5. The van der Waals surface area contributed by atoms with Crippen LogP contribution in [-0.4, -0.2) is 29.1 Å². The van der Waals surface area contributed by atoms with E-state index in [0.717, 1.165) is 0 Å². The van der Waals surface area contributed by atoms with Crippen molar-refractivity contribution in [3.05, 3.63) is 34.4 Å². The second-order valence-corrected chi connectivity index (χ2v) is 3.80. The lowest BCUT2D eigenvalue weighted by Crippen LogP contribution is -2.00. The molecule has 0 atom stereocenters. The van der Waals surface area contributed by atoms with Crippen LogP contribution in [0, 0.1) is 10.1 Å². The standard InChI is InChI=1S/C12H12N4O5/c1-19-7-3-4-9(8(5-7)16(17)18)21-11-6-10(20-2)14-12(13)15-11/h3-6H,1-2H3,(H2,13,14,15). The van der Waals surface area contributed by atoms with Gasteiger partial charge in [-0.05, 0) is 12.1 Å². The SMILES string of the molecule is COc1ccc(Oc2cc(OC)nc(N)n2)c([N+](=O)[O-])c1. The molecule has 0 amide bonds. The first kappa shape index (κ1) is 14.3. The van der Waals surface area contributed by atoms with E-state index in [1.54, 1.807) is 0 Å². The average Bonchev–Trinajstić information content (AvgIpc) is 2.46. The van der Waals surface area contributed by atoms with E-state index in [0.29, 0.717) is 5.75 Å². The number of aromatic nitrogens is 2. The molecule has 2 aromatic rings. The number of hydrogen-bond acceptors (Lipinski definition) is 8. The third kappa shape index (κ3) is 3.26. The first-order valence-corrected chi connectivity index (χ1v) is 5.72. The molecule has 21 heavy (non-hydrogen) atoms. The van der Waals surface area contributed by atoms with Crippen molar-refractivity contribution in [1.29, 1.82) is 0 Å². The van der Waals surface area contributed by atoms with E-state index in [2.05, 4.69) is 9.97 Å². The highest BCUT2D eigenvalue weighted by atomic mass is 16.6. The number of nitrogens with zero attached hydrogens (tertiary/aromatic N) is 3. The Morgan fingerprint density at radius 1 is 1.14 bits per heavy atom. The molecule has 0 saturated heterocycles. The second kappa shape index (κ2) is 5.90. The molecule has 1 aromatic heterocycles. The van der Waals surface area contributed by atoms with Crippen LogP contribution >= 0.6 is 0 Å². The first-order chi connectivity index (χ1) is 10.0. The highest BCUT2D eigenvalue weighted by Crippen LogP contribution is 2.34. The quantitative estimate of drug-likeness (QED) is 0.653. The highest BCUT2D eigenvalue weighted by Gasteiger charge is 2.18. The molecular formula is C12H12N4O5. The number of nitrogens with two attached hydrogens (primary N) is 1. The zero-order valence-electron chi connectivity index (χ0n) is 11.3. The Kier molecular flexibility index (Phi) is 4.02. The summed E-state index contributed by atoms with van der Waals surface area (Å²) in [6.45, 7) is 0. The van der Waals surface area contributed by atoms with Crippen LogP contribution < -0.4 is 19.9 Å². The number of ether oxygens (including phenoxy) is 3. The van der Waals surface area contributed by atoms with Crippen molar-refractivity contribution in [2.24, 2.45) is 0 Å². The van der Waals surface area contributed by atoms with E-state index in [9.17, 15) is 10.1 Å². The number of benzene rings is 1. The highest BCUT2D eigenvalue weighted by molar-refractivity contribution is 5.52. The summed E-state index contributed by atoms with van der Waals surface area (Å²) in [5.41, 5.74) is 5.24. The van der Waals surface area contributed by atoms with Crippen molar-refractivity contribution in [3.8, 4) is 23.3 Å². The third-order valence-corrected chi connectivity index (χ3v) is 2.48. The van der Waals surface area contributed by atoms with Gasteiger partial charge in [-0.2, -0.15) is 9.97 Å². The predicted molar refractivity (Wildman–Crippen MR) is 72.7 cm³/mol. The molecule has 9 nitrogen and oxygen atoms in total. The minimum atomic E-state index is -0.584. The van der Waals surface area contributed by atoms with Gasteiger partial charge >= 0.3 is 5.69 Å². The van der Waals surface area contributed by atoms with Crippen LogP contribution in [-0.2, 0) is 0 Å². The molecule has 0 spiro atoms. The van der Waals surface area contributed by atoms with Gasteiger partial charge in [-0.3, -0.25) is 10.1 Å². The summed E-state index contributed by atoms with van der Waals surface area (Å²) >= 11 is 0. The van der Waals surface area contributed by atoms with E-state index < -0.39 is 4.92 Å². The molecule has 1 aromatic carbocycles. The van der Waals surface area contributed by atoms with Crippen molar-refractivity contribution >= 4 is 11.6 Å². The van der Waals surface area contributed by atoms with Gasteiger partial charge < -0.3 is 19.9 Å². The Morgan fingerprint density at radius 2 is 1.86 bits per heavy atom. The van der Waals surface area contributed by atoms with Gasteiger partial charge in [0.2, 0.25) is 23.5 Å². The zero-order chi connectivity index (χ0) is 15.4. The van der Waals surface area contributed by atoms with Gasteiger partial charge in [0.05, 0.1) is 31.3 Å². The average molecular weight is 292 g/mol. The van der Waals surface area contributed by atoms with Gasteiger partial charge in [-0.25, -0.2) is 0 Å². The lowest BCUT2D eigenvalue weighted by molar-refractivity contribution is -0.385. The summed E-state index contributed by atoms with van der Waals surface area (Å²) in [5, 5.41) is 11.1. The number of anilines is 1. The van der Waals surface area contributed by atoms with Gasteiger partial charge in [0.1, 0.15) is 5.75 Å². The van der Waals surface area contributed by atoms with Crippen molar-refractivity contribution in [2.45, 2.75) is 0 Å². The number of nitro groups is 1. The second-order valence-electron chi connectivity index (χ2n) is 3.80. The zero-order valence-corrected chi connectivity index (χ0v) is 11.3. The lowest BCUT2D eigenvalue weighted by atomic mass is 10.3. The summed E-state index contributed by atoms with van der Waals surface area (Å²) in [4.78, 5) is 18.1. The maximum Gasteiger partial charge on any atom is 0.315 e. The molecule has 9 heteroatoms. The topological polar surface area (TPSA) is 123 Å². The predicted octanol–water partition coefficient (Wildman–Crippen LogP) is 1.78. The van der Waals surface area contributed by atoms with Crippen molar-refractivity contribution in [2.75, 3.05) is 20.0 Å². The summed E-state index contributed by atoms with van der Waals surface area (Å²) < 4.78 is 15.2. The third-order valence-electron chi connectivity index (χ3n) is 2.48. The minimum Gasteiger partial charge on any atom is -0.496 e. The molecule has 0 saturated carbocycles. The van der Waals surface area contributed by atoms with Crippen LogP contribution in [0.5, 0.6) is 23.3 Å². The number of nitrogen functional groups attached to an aromatic ring is 1. The molecule has 2 N–H and O–H groups in total. The molecule has 0 radical (unpaired) electrons. The summed E-state index contributed by atoms with van der Waals surface area (Å²) in [6, 6.07) is 5.55. The molecule has 110 valence electrons. The molecular weight excluding hydrogens is 280 g/mol. The summed E-state index contributed by atoms with van der Waals surface area (Å²) in [6.07, 6.45) is 0. The Balaban J connectivity index is 2.39. The molecule has 0 aliphatic rings. The summed E-state index contributed by atoms with van der Waals surface area (Å²) in [5.74, 6) is 0.497. The molecule has 0 fully saturated rings. The maximum absolute atomic E-state index is 11.1.